The van der Waals surface area contributed by atoms with Crippen molar-refractivity contribution in [1.82, 2.24) is 4.98 Å². The van der Waals surface area contributed by atoms with Crippen LogP contribution in [0, 0.1) is 0 Å². The minimum atomic E-state index is 0.0923. The maximum atomic E-state index is 9.41. The van der Waals surface area contributed by atoms with Gasteiger partial charge in [0.15, 0.2) is 0 Å². The summed E-state index contributed by atoms with van der Waals surface area (Å²) in [6.45, 7) is 8.76. The Morgan fingerprint density at radius 3 is 2.89 bits per heavy atom. The molecule has 0 bridgehead atoms. The van der Waals surface area contributed by atoms with E-state index in [0.717, 1.165) is 30.2 Å². The highest BCUT2D eigenvalue weighted by Crippen LogP contribution is 2.26. The van der Waals surface area contributed by atoms with Crippen molar-refractivity contribution in [2.45, 2.75) is 45.0 Å². The van der Waals surface area contributed by atoms with Crippen LogP contribution in [0.15, 0.2) is 12.1 Å². The van der Waals surface area contributed by atoms with Gasteiger partial charge >= 0.3 is 0 Å². The number of aliphatic hydroxyl groups is 1. The summed E-state index contributed by atoms with van der Waals surface area (Å²) in [6.07, 6.45) is 1.21. The molecule has 1 aromatic heterocycles. The normalized spacial score (nSPS) is 20.1. The van der Waals surface area contributed by atoms with E-state index in [-0.39, 0.29) is 6.61 Å². The summed E-state index contributed by atoms with van der Waals surface area (Å²) < 4.78 is 0. The first-order valence-corrected chi connectivity index (χ1v) is 8.17. The van der Waals surface area contributed by atoms with Gasteiger partial charge in [0.05, 0.1) is 6.61 Å². The molecule has 1 N–H and O–H groups in total. The lowest BCUT2D eigenvalue weighted by Crippen LogP contribution is -2.38. The molecule has 106 valence electrons. The molecular formula is C15H24N2OS. The molecule has 3 nitrogen and oxygen atoms in total. The van der Waals surface area contributed by atoms with Crippen LogP contribution in [0.4, 0.5) is 5.82 Å². The van der Waals surface area contributed by atoms with Crippen LogP contribution in [0.1, 0.15) is 44.4 Å². The Kier molecular flexibility index (Phi) is 5.11. The second kappa shape index (κ2) is 6.62. The van der Waals surface area contributed by atoms with Crippen LogP contribution in [-0.4, -0.2) is 34.2 Å². The van der Waals surface area contributed by atoms with Gasteiger partial charge in [-0.05, 0) is 30.0 Å². The monoisotopic (exact) mass is 280 g/mol. The topological polar surface area (TPSA) is 36.4 Å². The Bertz CT molecular complexity index is 423. The van der Waals surface area contributed by atoms with E-state index >= 15 is 0 Å². The van der Waals surface area contributed by atoms with Crippen LogP contribution in [0.25, 0.3) is 0 Å². The van der Waals surface area contributed by atoms with Crippen LogP contribution >= 0.6 is 11.8 Å². The van der Waals surface area contributed by atoms with Crippen LogP contribution in [0.2, 0.25) is 0 Å². The number of hydrogen-bond donors (Lipinski definition) is 1. The van der Waals surface area contributed by atoms with Crippen molar-refractivity contribution >= 4 is 17.6 Å². The zero-order chi connectivity index (χ0) is 13.8. The predicted molar refractivity (Wildman–Crippen MR) is 83.0 cm³/mol. The molecule has 1 saturated heterocycles. The molecule has 0 saturated carbocycles. The maximum absolute atomic E-state index is 9.41. The average Bonchev–Trinajstić information content (AvgIpc) is 2.46. The zero-order valence-corrected chi connectivity index (χ0v) is 12.9. The molecule has 0 aromatic carbocycles. The van der Waals surface area contributed by atoms with Gasteiger partial charge in [-0.25, -0.2) is 4.98 Å². The summed E-state index contributed by atoms with van der Waals surface area (Å²) in [6, 6.07) is 4.05. The molecule has 2 rings (SSSR count). The fourth-order valence-corrected chi connectivity index (χ4v) is 3.50. The lowest BCUT2D eigenvalue weighted by Gasteiger charge is -2.33. The summed E-state index contributed by atoms with van der Waals surface area (Å²) in [7, 11) is 0. The second-order valence-electron chi connectivity index (χ2n) is 5.42. The maximum Gasteiger partial charge on any atom is 0.129 e. The van der Waals surface area contributed by atoms with E-state index in [2.05, 4.69) is 37.4 Å². The molecule has 0 radical (unpaired) electrons. The van der Waals surface area contributed by atoms with Crippen molar-refractivity contribution in [3.8, 4) is 0 Å². The van der Waals surface area contributed by atoms with Crippen molar-refractivity contribution in [2.24, 2.45) is 0 Å². The minimum absolute atomic E-state index is 0.0923. The summed E-state index contributed by atoms with van der Waals surface area (Å²) in [5, 5.41) is 10.1. The predicted octanol–water partition coefficient (Wildman–Crippen LogP) is 3.03. The number of pyridine rings is 1. The Balaban J connectivity index is 2.25. The van der Waals surface area contributed by atoms with E-state index in [1.807, 2.05) is 12.1 Å². The quantitative estimate of drug-likeness (QED) is 0.919. The highest BCUT2D eigenvalue weighted by atomic mass is 32.2. The fourth-order valence-electron chi connectivity index (χ4n) is 2.32. The molecular weight excluding hydrogens is 256 g/mol. The third-order valence-corrected chi connectivity index (χ3v) is 4.96. The fraction of sp³-hybridized carbons (Fsp3) is 0.667. The number of nitrogens with zero attached hydrogens (tertiary/aromatic N) is 2. The summed E-state index contributed by atoms with van der Waals surface area (Å²) in [5.74, 6) is 2.60. The molecule has 1 aliphatic rings. The summed E-state index contributed by atoms with van der Waals surface area (Å²) >= 11 is 2.06. The van der Waals surface area contributed by atoms with Gasteiger partial charge < -0.3 is 10.0 Å². The third-order valence-electron chi connectivity index (χ3n) is 3.58. The van der Waals surface area contributed by atoms with Gasteiger partial charge in [-0.3, -0.25) is 0 Å². The van der Waals surface area contributed by atoms with Crippen LogP contribution in [0.5, 0.6) is 0 Å². The van der Waals surface area contributed by atoms with Crippen LogP contribution < -0.4 is 4.90 Å². The second-order valence-corrected chi connectivity index (χ2v) is 6.83. The number of hydrogen-bond acceptors (Lipinski definition) is 4. The molecule has 2 heterocycles. The zero-order valence-electron chi connectivity index (χ0n) is 12.1. The van der Waals surface area contributed by atoms with Gasteiger partial charge in [0.25, 0.3) is 0 Å². The molecule has 1 atom stereocenters. The summed E-state index contributed by atoms with van der Waals surface area (Å²) in [5.41, 5.74) is 2.05. The van der Waals surface area contributed by atoms with Crippen molar-refractivity contribution in [1.29, 1.82) is 0 Å². The van der Waals surface area contributed by atoms with Crippen LogP contribution in [0.3, 0.4) is 0 Å². The smallest absolute Gasteiger partial charge is 0.129 e. The van der Waals surface area contributed by atoms with E-state index in [9.17, 15) is 5.11 Å². The van der Waals surface area contributed by atoms with Gasteiger partial charge in [0.1, 0.15) is 5.82 Å². The van der Waals surface area contributed by atoms with Crippen molar-refractivity contribution in [3.63, 3.8) is 0 Å². The lowest BCUT2D eigenvalue weighted by molar-refractivity contribution is 0.281. The number of aliphatic hydroxyl groups excluding tert-OH is 1. The van der Waals surface area contributed by atoms with Crippen molar-refractivity contribution in [3.05, 3.63) is 23.4 Å². The number of thioether (sulfide) groups is 1. The SMILES string of the molecule is CCC1CN(c2cc(CO)cc(C(C)C)n2)CCS1. The van der Waals surface area contributed by atoms with Gasteiger partial charge in [-0.1, -0.05) is 20.8 Å². The first-order valence-electron chi connectivity index (χ1n) is 7.12. The molecule has 1 aromatic rings. The molecule has 0 spiro atoms. The van der Waals surface area contributed by atoms with Gasteiger partial charge in [-0.2, -0.15) is 11.8 Å². The van der Waals surface area contributed by atoms with E-state index in [1.165, 1.54) is 12.2 Å². The van der Waals surface area contributed by atoms with E-state index in [0.29, 0.717) is 11.2 Å². The standard InChI is InChI=1S/C15H24N2OS/c1-4-13-9-17(5-6-19-13)15-8-12(10-18)7-14(16-15)11(2)3/h7-8,11,13,18H,4-6,9-10H2,1-3H3. The minimum Gasteiger partial charge on any atom is -0.392 e. The average molecular weight is 280 g/mol. The number of anilines is 1. The Labute approximate surface area is 120 Å². The van der Waals surface area contributed by atoms with Crippen molar-refractivity contribution in [2.75, 3.05) is 23.7 Å². The van der Waals surface area contributed by atoms with E-state index in [4.69, 9.17) is 4.98 Å². The number of rotatable bonds is 4. The highest BCUT2D eigenvalue weighted by Gasteiger charge is 2.21. The first kappa shape index (κ1) is 14.7. The molecule has 1 unspecified atom stereocenters. The third kappa shape index (κ3) is 3.63. The largest absolute Gasteiger partial charge is 0.392 e. The Hall–Kier alpha value is -0.740. The summed E-state index contributed by atoms with van der Waals surface area (Å²) in [4.78, 5) is 7.15. The van der Waals surface area contributed by atoms with Crippen molar-refractivity contribution < 1.29 is 5.11 Å². The molecule has 4 heteroatoms. The lowest BCUT2D eigenvalue weighted by atomic mass is 10.1. The molecule has 0 amide bonds. The number of aromatic nitrogens is 1. The van der Waals surface area contributed by atoms with Crippen LogP contribution in [-0.2, 0) is 6.61 Å². The van der Waals surface area contributed by atoms with E-state index in [1.54, 1.807) is 0 Å². The van der Waals surface area contributed by atoms with Gasteiger partial charge in [0, 0.05) is 29.8 Å². The molecule has 1 fully saturated rings. The Morgan fingerprint density at radius 1 is 1.47 bits per heavy atom. The Morgan fingerprint density at radius 2 is 2.26 bits per heavy atom. The molecule has 19 heavy (non-hydrogen) atoms. The molecule has 1 aliphatic heterocycles. The first-order chi connectivity index (χ1) is 9.13. The van der Waals surface area contributed by atoms with E-state index < -0.39 is 0 Å². The highest BCUT2D eigenvalue weighted by molar-refractivity contribution is 8.00. The molecule has 0 aliphatic carbocycles. The van der Waals surface area contributed by atoms with Gasteiger partial charge in [0.2, 0.25) is 0 Å². The van der Waals surface area contributed by atoms with Gasteiger partial charge in [-0.15, -0.1) is 0 Å².